The normalized spacial score (nSPS) is 12.6. The molecule has 1 aromatic heterocycles. The molecule has 1 amide bonds. The zero-order valence-electron chi connectivity index (χ0n) is 16.3. The topological polar surface area (TPSA) is 118 Å². The Bertz CT molecular complexity index is 1220. The van der Waals surface area contributed by atoms with Crippen LogP contribution in [0.3, 0.4) is 0 Å². The minimum atomic E-state index is -4.83. The van der Waals surface area contributed by atoms with E-state index in [0.717, 1.165) is 35.0 Å². The molecule has 0 aliphatic rings. The lowest BCUT2D eigenvalue weighted by molar-refractivity contribution is -0.137. The van der Waals surface area contributed by atoms with Gasteiger partial charge in [-0.2, -0.15) is 13.2 Å². The van der Waals surface area contributed by atoms with Crippen LogP contribution in [0.15, 0.2) is 53.5 Å². The summed E-state index contributed by atoms with van der Waals surface area (Å²) in [5, 5.41) is 18.7. The highest BCUT2D eigenvalue weighted by Gasteiger charge is 2.35. The predicted molar refractivity (Wildman–Crippen MR) is 106 cm³/mol. The van der Waals surface area contributed by atoms with E-state index in [-0.39, 0.29) is 22.5 Å². The second-order valence-corrected chi connectivity index (χ2v) is 6.87. The van der Waals surface area contributed by atoms with Crippen molar-refractivity contribution in [3.63, 3.8) is 0 Å². The average Bonchev–Trinajstić information content (AvgIpc) is 2.74. The molecule has 0 aliphatic heterocycles. The van der Waals surface area contributed by atoms with Crippen molar-refractivity contribution in [3.8, 4) is 22.4 Å². The lowest BCUT2D eigenvalue weighted by Gasteiger charge is -2.15. The number of aromatic nitrogens is 2. The third-order valence-corrected chi connectivity index (χ3v) is 4.59. The maximum Gasteiger partial charge on any atom is 0.417 e. The molecule has 2 aromatic carbocycles. The first-order valence-corrected chi connectivity index (χ1v) is 9.19. The summed E-state index contributed by atoms with van der Waals surface area (Å²) in [5.41, 5.74) is 1.68. The van der Waals surface area contributed by atoms with Gasteiger partial charge in [0.2, 0.25) is 0 Å². The van der Waals surface area contributed by atoms with Crippen molar-refractivity contribution in [3.05, 3.63) is 76.1 Å². The fourth-order valence-corrected chi connectivity index (χ4v) is 3.14. The van der Waals surface area contributed by atoms with Crippen LogP contribution < -0.4 is 11.3 Å². The molecule has 0 fully saturated rings. The van der Waals surface area contributed by atoms with E-state index in [2.05, 4.69) is 4.98 Å². The van der Waals surface area contributed by atoms with Crippen LogP contribution in [0.5, 0.6) is 0 Å². The summed E-state index contributed by atoms with van der Waals surface area (Å²) in [5.74, 6) is -2.11. The van der Waals surface area contributed by atoms with Crippen molar-refractivity contribution in [2.75, 3.05) is 6.61 Å². The Morgan fingerprint density at radius 3 is 2.44 bits per heavy atom. The third-order valence-electron chi connectivity index (χ3n) is 4.59. The Morgan fingerprint density at radius 2 is 1.81 bits per heavy atom. The molecule has 32 heavy (non-hydrogen) atoms. The zero-order valence-corrected chi connectivity index (χ0v) is 16.3. The molecule has 1 heterocycles. The maximum atomic E-state index is 14.4. The van der Waals surface area contributed by atoms with E-state index < -0.39 is 53.8 Å². The van der Waals surface area contributed by atoms with Crippen molar-refractivity contribution in [1.82, 2.24) is 9.55 Å². The number of halogens is 4. The largest absolute Gasteiger partial charge is 0.417 e. The summed E-state index contributed by atoms with van der Waals surface area (Å²) in [4.78, 5) is 28.4. The van der Waals surface area contributed by atoms with Crippen LogP contribution in [0.2, 0.25) is 0 Å². The van der Waals surface area contributed by atoms with Gasteiger partial charge >= 0.3 is 6.18 Å². The fourth-order valence-electron chi connectivity index (χ4n) is 3.14. The summed E-state index contributed by atoms with van der Waals surface area (Å²) in [6, 6.07) is 7.58. The summed E-state index contributed by atoms with van der Waals surface area (Å²) in [7, 11) is 0. The first-order chi connectivity index (χ1) is 15.0. The van der Waals surface area contributed by atoms with Crippen LogP contribution in [0.1, 0.15) is 16.1 Å². The smallest absolute Gasteiger partial charge is 0.394 e. The minimum Gasteiger partial charge on any atom is -0.394 e. The number of alkyl halides is 3. The van der Waals surface area contributed by atoms with Crippen LogP contribution in [0, 0.1) is 5.82 Å². The number of rotatable bonds is 6. The van der Waals surface area contributed by atoms with E-state index in [1.54, 1.807) is 0 Å². The van der Waals surface area contributed by atoms with E-state index in [1.807, 2.05) is 0 Å². The van der Waals surface area contributed by atoms with Gasteiger partial charge in [0, 0.05) is 17.3 Å². The number of hydrogen-bond donors (Lipinski definition) is 3. The van der Waals surface area contributed by atoms with Gasteiger partial charge in [0.15, 0.2) is 0 Å². The molecular weight excluding hydrogens is 434 g/mol. The Balaban J connectivity index is 2.22. The van der Waals surface area contributed by atoms with E-state index in [9.17, 15) is 32.3 Å². The fraction of sp³-hybridized carbons (Fsp3) is 0.190. The Labute approximate surface area is 178 Å². The molecule has 1 unspecified atom stereocenters. The van der Waals surface area contributed by atoms with Gasteiger partial charge in [-0.25, -0.2) is 9.37 Å². The molecule has 0 bridgehead atoms. The number of aliphatic hydroxyl groups excluding tert-OH is 2. The highest BCUT2D eigenvalue weighted by atomic mass is 19.4. The highest BCUT2D eigenvalue weighted by molar-refractivity contribution is 5.91. The van der Waals surface area contributed by atoms with E-state index >= 15 is 0 Å². The van der Waals surface area contributed by atoms with Gasteiger partial charge in [0.05, 0.1) is 24.8 Å². The summed E-state index contributed by atoms with van der Waals surface area (Å²) in [6.45, 7) is -1.06. The SMILES string of the molecule is NC(=O)c1cn(CC(O)CO)c(=O)c(-c2cccc(-c3c(F)cccc3C(F)(F)F)c2)n1. The molecule has 0 saturated heterocycles. The third kappa shape index (κ3) is 4.68. The molecule has 4 N–H and O–H groups in total. The average molecular weight is 451 g/mol. The number of nitrogens with zero attached hydrogens (tertiary/aromatic N) is 2. The van der Waals surface area contributed by atoms with Gasteiger partial charge in [0.1, 0.15) is 17.2 Å². The second-order valence-electron chi connectivity index (χ2n) is 6.87. The summed E-state index contributed by atoms with van der Waals surface area (Å²) in [6.07, 6.45) is -5.16. The van der Waals surface area contributed by atoms with Crippen molar-refractivity contribution in [1.29, 1.82) is 0 Å². The highest BCUT2D eigenvalue weighted by Crippen LogP contribution is 2.39. The molecule has 3 rings (SSSR count). The molecule has 0 aliphatic carbocycles. The van der Waals surface area contributed by atoms with Crippen LogP contribution in [-0.4, -0.2) is 38.4 Å². The van der Waals surface area contributed by atoms with Gasteiger partial charge in [-0.15, -0.1) is 0 Å². The van der Waals surface area contributed by atoms with E-state index in [0.29, 0.717) is 0 Å². The molecule has 0 saturated carbocycles. The molecule has 0 spiro atoms. The van der Waals surface area contributed by atoms with E-state index in [4.69, 9.17) is 10.8 Å². The summed E-state index contributed by atoms with van der Waals surface area (Å²) >= 11 is 0. The van der Waals surface area contributed by atoms with Crippen LogP contribution in [-0.2, 0) is 12.7 Å². The first kappa shape index (κ1) is 23.1. The molecule has 11 heteroatoms. The molecule has 3 aromatic rings. The molecular formula is C21H17F4N3O4. The van der Waals surface area contributed by atoms with E-state index in [1.165, 1.54) is 18.2 Å². The monoisotopic (exact) mass is 451 g/mol. The number of amides is 1. The standard InChI is InChI=1S/C21H17F4N3O4/c22-15-6-2-5-14(21(23,24)25)17(15)11-3-1-4-12(7-11)18-20(32)28(8-13(30)10-29)9-16(27-18)19(26)31/h1-7,9,13,29-30H,8,10H2,(H2,26,31). The Morgan fingerprint density at radius 1 is 1.16 bits per heavy atom. The van der Waals surface area contributed by atoms with Crippen molar-refractivity contribution in [2.45, 2.75) is 18.8 Å². The lowest BCUT2D eigenvalue weighted by Crippen LogP contribution is -2.32. The van der Waals surface area contributed by atoms with Gasteiger partial charge in [-0.05, 0) is 23.8 Å². The zero-order chi connectivity index (χ0) is 23.6. The van der Waals surface area contributed by atoms with Crippen LogP contribution >= 0.6 is 0 Å². The van der Waals surface area contributed by atoms with Gasteiger partial charge in [-0.3, -0.25) is 9.59 Å². The molecule has 0 radical (unpaired) electrons. The van der Waals surface area contributed by atoms with Gasteiger partial charge < -0.3 is 20.5 Å². The number of benzene rings is 2. The number of carbonyl (C=O) groups excluding carboxylic acids is 1. The quantitative estimate of drug-likeness (QED) is 0.497. The second kappa shape index (κ2) is 8.89. The van der Waals surface area contributed by atoms with Crippen LogP contribution in [0.25, 0.3) is 22.4 Å². The Hall–Kier alpha value is -3.57. The Kier molecular flexibility index (Phi) is 6.42. The molecule has 168 valence electrons. The maximum absolute atomic E-state index is 14.4. The van der Waals surface area contributed by atoms with Crippen molar-refractivity contribution >= 4 is 5.91 Å². The van der Waals surface area contributed by atoms with Crippen molar-refractivity contribution < 1.29 is 32.6 Å². The number of carbonyl (C=O) groups is 1. The predicted octanol–water partition coefficient (Wildman–Crippen LogP) is 2.19. The van der Waals surface area contributed by atoms with Gasteiger partial charge in [-0.1, -0.05) is 24.3 Å². The first-order valence-electron chi connectivity index (χ1n) is 9.19. The number of hydrogen-bond acceptors (Lipinski definition) is 5. The number of nitrogens with two attached hydrogens (primary N) is 1. The lowest BCUT2D eigenvalue weighted by atomic mass is 9.96. The molecule has 7 nitrogen and oxygen atoms in total. The molecule has 1 atom stereocenters. The minimum absolute atomic E-state index is 0.000726. The number of primary amides is 1. The van der Waals surface area contributed by atoms with Crippen LogP contribution in [0.4, 0.5) is 17.6 Å². The summed E-state index contributed by atoms with van der Waals surface area (Å²) < 4.78 is 55.6. The van der Waals surface area contributed by atoms with Gasteiger partial charge in [0.25, 0.3) is 11.5 Å². The number of aliphatic hydroxyl groups is 2. The van der Waals surface area contributed by atoms with Crippen molar-refractivity contribution in [2.24, 2.45) is 5.73 Å².